The lowest BCUT2D eigenvalue weighted by Gasteiger charge is -2.16. The number of ether oxygens (including phenoxy) is 1. The van der Waals surface area contributed by atoms with Crippen LogP contribution in [0.25, 0.3) is 0 Å². The van der Waals surface area contributed by atoms with Crippen molar-refractivity contribution >= 4 is 12.1 Å². The van der Waals surface area contributed by atoms with Gasteiger partial charge in [-0.1, -0.05) is 60.7 Å². The highest BCUT2D eigenvalue weighted by molar-refractivity contribution is 5.88. The van der Waals surface area contributed by atoms with Gasteiger partial charge in [0, 0.05) is 0 Å². The van der Waals surface area contributed by atoms with Crippen LogP contribution in [-0.4, -0.2) is 18.7 Å². The van der Waals surface area contributed by atoms with Crippen LogP contribution < -0.4 is 10.2 Å². The molecule has 0 fully saturated rings. The highest BCUT2D eigenvalue weighted by Crippen LogP contribution is 2.24. The van der Waals surface area contributed by atoms with Gasteiger partial charge >= 0.3 is 0 Å². The lowest BCUT2D eigenvalue weighted by Crippen LogP contribution is -2.26. The molecule has 1 N–H and O–H groups in total. The van der Waals surface area contributed by atoms with E-state index in [0.717, 1.165) is 22.4 Å². The van der Waals surface area contributed by atoms with Crippen molar-refractivity contribution in [3.8, 4) is 5.75 Å². The number of rotatable bonds is 7. The molecule has 0 aromatic heterocycles. The molecular weight excluding hydrogens is 336 g/mol. The molecule has 0 bridgehead atoms. The Morgan fingerprint density at radius 3 is 2.00 bits per heavy atom. The number of nitrogens with zero attached hydrogens (tertiary/aromatic N) is 1. The summed E-state index contributed by atoms with van der Waals surface area (Å²) < 4.78 is 5.42. The molecule has 3 rings (SSSR count). The number of carbonyl (C=O) groups is 1. The van der Waals surface area contributed by atoms with Gasteiger partial charge in [0.2, 0.25) is 0 Å². The first kappa shape index (κ1) is 18.4. The van der Waals surface area contributed by atoms with Crippen molar-refractivity contribution in [1.29, 1.82) is 0 Å². The second-order valence-electron chi connectivity index (χ2n) is 5.99. The summed E-state index contributed by atoms with van der Waals surface area (Å²) >= 11 is 0. The molecule has 0 saturated carbocycles. The number of hydrogen-bond acceptors (Lipinski definition) is 3. The largest absolute Gasteiger partial charge is 0.494 e. The number of hydrogen-bond donors (Lipinski definition) is 1. The first-order valence-electron chi connectivity index (χ1n) is 8.93. The monoisotopic (exact) mass is 358 g/mol. The average molecular weight is 358 g/mol. The molecule has 4 heteroatoms. The Morgan fingerprint density at radius 2 is 1.48 bits per heavy atom. The quantitative estimate of drug-likeness (QED) is 0.504. The molecule has 0 heterocycles. The highest BCUT2D eigenvalue weighted by Gasteiger charge is 2.22. The zero-order chi connectivity index (χ0) is 18.9. The zero-order valence-corrected chi connectivity index (χ0v) is 15.2. The molecular formula is C23H22N2O2. The van der Waals surface area contributed by atoms with Crippen molar-refractivity contribution in [2.75, 3.05) is 6.61 Å². The fourth-order valence-corrected chi connectivity index (χ4v) is 2.84. The topological polar surface area (TPSA) is 50.7 Å². The summed E-state index contributed by atoms with van der Waals surface area (Å²) in [4.78, 5) is 12.8. The van der Waals surface area contributed by atoms with Gasteiger partial charge in [0.15, 0.2) is 0 Å². The molecule has 3 aromatic carbocycles. The molecule has 0 unspecified atom stereocenters. The van der Waals surface area contributed by atoms with E-state index >= 15 is 0 Å². The van der Waals surface area contributed by atoms with Crippen LogP contribution in [0.2, 0.25) is 0 Å². The van der Waals surface area contributed by atoms with Crippen molar-refractivity contribution in [3.63, 3.8) is 0 Å². The molecule has 4 nitrogen and oxygen atoms in total. The Hall–Kier alpha value is -3.40. The van der Waals surface area contributed by atoms with E-state index in [-0.39, 0.29) is 5.91 Å². The fourth-order valence-electron chi connectivity index (χ4n) is 2.84. The minimum absolute atomic E-state index is 0.172. The Labute approximate surface area is 159 Å². The van der Waals surface area contributed by atoms with Crippen molar-refractivity contribution < 1.29 is 9.53 Å². The Bertz CT molecular complexity index is 836. The lowest BCUT2D eigenvalue weighted by molar-refractivity contribution is -0.121. The van der Waals surface area contributed by atoms with E-state index in [9.17, 15) is 4.79 Å². The van der Waals surface area contributed by atoms with Crippen molar-refractivity contribution in [1.82, 2.24) is 5.43 Å². The maximum absolute atomic E-state index is 12.8. The van der Waals surface area contributed by atoms with Crippen molar-refractivity contribution in [2.24, 2.45) is 5.10 Å². The van der Waals surface area contributed by atoms with Crippen LogP contribution >= 0.6 is 0 Å². The number of nitrogens with one attached hydrogen (secondary N) is 1. The summed E-state index contributed by atoms with van der Waals surface area (Å²) in [5.74, 6) is 0.228. The normalized spacial score (nSPS) is 10.9. The van der Waals surface area contributed by atoms with Gasteiger partial charge in [0.1, 0.15) is 5.75 Å². The minimum Gasteiger partial charge on any atom is -0.494 e. The maximum atomic E-state index is 12.8. The summed E-state index contributed by atoms with van der Waals surface area (Å²) in [5, 5.41) is 4.12. The standard InChI is InChI=1S/C23H22N2O2/c1-2-27-21-15-13-18(14-16-21)17-24-25-23(26)22(19-9-5-3-6-10-19)20-11-7-4-8-12-20/h3-17,22H,2H2,1H3,(H,25,26). The Balaban J connectivity index is 1.73. The van der Waals surface area contributed by atoms with Gasteiger partial charge in [-0.2, -0.15) is 5.10 Å². The van der Waals surface area contributed by atoms with Crippen LogP contribution in [0.15, 0.2) is 90.0 Å². The van der Waals surface area contributed by atoms with E-state index in [4.69, 9.17) is 4.74 Å². The first-order chi connectivity index (χ1) is 13.3. The van der Waals surface area contributed by atoms with E-state index in [0.29, 0.717) is 6.61 Å². The molecule has 0 saturated heterocycles. The van der Waals surface area contributed by atoms with E-state index in [1.165, 1.54) is 0 Å². The molecule has 27 heavy (non-hydrogen) atoms. The van der Waals surface area contributed by atoms with Crippen molar-refractivity contribution in [2.45, 2.75) is 12.8 Å². The summed E-state index contributed by atoms with van der Waals surface area (Å²) in [6, 6.07) is 27.0. The van der Waals surface area contributed by atoms with Crippen LogP contribution in [-0.2, 0) is 4.79 Å². The van der Waals surface area contributed by atoms with Gasteiger partial charge in [-0.15, -0.1) is 0 Å². The number of hydrazone groups is 1. The van der Waals surface area contributed by atoms with Crippen LogP contribution in [0, 0.1) is 0 Å². The molecule has 0 spiro atoms. The molecule has 1 amide bonds. The van der Waals surface area contributed by atoms with Gasteiger partial charge in [-0.25, -0.2) is 5.43 Å². The predicted octanol–water partition coefficient (Wildman–Crippen LogP) is 4.37. The van der Waals surface area contributed by atoms with Gasteiger partial charge in [-0.3, -0.25) is 4.79 Å². The third-order valence-corrected chi connectivity index (χ3v) is 4.11. The van der Waals surface area contributed by atoms with Gasteiger partial charge in [0.05, 0.1) is 18.7 Å². The number of benzene rings is 3. The zero-order valence-electron chi connectivity index (χ0n) is 15.2. The van der Waals surface area contributed by atoms with Gasteiger partial charge in [-0.05, 0) is 47.9 Å². The molecule has 0 atom stereocenters. The van der Waals surface area contributed by atoms with E-state index in [1.807, 2.05) is 91.9 Å². The molecule has 3 aromatic rings. The molecule has 0 aliphatic rings. The third kappa shape index (κ3) is 5.05. The highest BCUT2D eigenvalue weighted by atomic mass is 16.5. The predicted molar refractivity (Wildman–Crippen MR) is 108 cm³/mol. The summed E-state index contributed by atoms with van der Waals surface area (Å²) in [5.41, 5.74) is 5.41. The summed E-state index contributed by atoms with van der Waals surface area (Å²) in [7, 11) is 0. The molecule has 0 aliphatic carbocycles. The van der Waals surface area contributed by atoms with E-state index in [2.05, 4.69) is 10.5 Å². The minimum atomic E-state index is -0.412. The first-order valence-corrected chi connectivity index (χ1v) is 8.93. The SMILES string of the molecule is CCOc1ccc(C=NNC(=O)C(c2ccccc2)c2ccccc2)cc1. The fraction of sp³-hybridized carbons (Fsp3) is 0.130. The smallest absolute Gasteiger partial charge is 0.252 e. The molecule has 136 valence electrons. The second-order valence-corrected chi connectivity index (χ2v) is 5.99. The van der Waals surface area contributed by atoms with Crippen LogP contribution in [0.5, 0.6) is 5.75 Å². The maximum Gasteiger partial charge on any atom is 0.252 e. The molecule has 0 aliphatic heterocycles. The van der Waals surface area contributed by atoms with E-state index in [1.54, 1.807) is 6.21 Å². The summed E-state index contributed by atoms with van der Waals surface area (Å²) in [6.07, 6.45) is 1.63. The Morgan fingerprint density at radius 1 is 0.926 bits per heavy atom. The average Bonchev–Trinajstić information content (AvgIpc) is 2.71. The Kier molecular flexibility index (Phi) is 6.36. The third-order valence-electron chi connectivity index (χ3n) is 4.11. The van der Waals surface area contributed by atoms with Gasteiger partial charge in [0.25, 0.3) is 5.91 Å². The van der Waals surface area contributed by atoms with Crippen LogP contribution in [0.4, 0.5) is 0 Å². The van der Waals surface area contributed by atoms with E-state index < -0.39 is 5.92 Å². The van der Waals surface area contributed by atoms with Gasteiger partial charge < -0.3 is 4.74 Å². The number of carbonyl (C=O) groups excluding carboxylic acids is 1. The lowest BCUT2D eigenvalue weighted by atomic mass is 9.91. The van der Waals surface area contributed by atoms with Crippen LogP contribution in [0.1, 0.15) is 29.5 Å². The number of amides is 1. The van der Waals surface area contributed by atoms with Crippen molar-refractivity contribution in [3.05, 3.63) is 102 Å². The summed E-state index contributed by atoms with van der Waals surface area (Å²) in [6.45, 7) is 2.57. The van der Waals surface area contributed by atoms with Crippen LogP contribution in [0.3, 0.4) is 0 Å². The molecule has 0 radical (unpaired) electrons. The second kappa shape index (κ2) is 9.34.